The van der Waals surface area contributed by atoms with Crippen LogP contribution >= 0.6 is 27.3 Å². The Labute approximate surface area is 129 Å². The van der Waals surface area contributed by atoms with Gasteiger partial charge in [-0.15, -0.1) is 11.3 Å². The van der Waals surface area contributed by atoms with Crippen molar-refractivity contribution in [3.05, 3.63) is 56.8 Å². The molecule has 0 saturated carbocycles. The number of rotatable bonds is 4. The molecule has 2 aromatic heterocycles. The third-order valence-corrected chi connectivity index (χ3v) is 4.87. The highest BCUT2D eigenvalue weighted by molar-refractivity contribution is 9.10. The van der Waals surface area contributed by atoms with Gasteiger partial charge in [0.05, 0.1) is 4.47 Å². The van der Waals surface area contributed by atoms with Gasteiger partial charge in [-0.1, -0.05) is 24.3 Å². The SMILES string of the molecule is O=C(NCCc1cccs1)c1[nH]c2ccccc2c1Br. The normalized spacial score (nSPS) is 10.8. The van der Waals surface area contributed by atoms with E-state index in [9.17, 15) is 4.79 Å². The van der Waals surface area contributed by atoms with E-state index in [-0.39, 0.29) is 5.91 Å². The quantitative estimate of drug-likeness (QED) is 0.736. The van der Waals surface area contributed by atoms with E-state index in [2.05, 4.69) is 32.3 Å². The Kier molecular flexibility index (Phi) is 3.89. The van der Waals surface area contributed by atoms with Crippen molar-refractivity contribution in [2.75, 3.05) is 6.54 Å². The molecule has 0 unspecified atom stereocenters. The lowest BCUT2D eigenvalue weighted by Crippen LogP contribution is -2.26. The fourth-order valence-electron chi connectivity index (χ4n) is 2.11. The van der Waals surface area contributed by atoms with Gasteiger partial charge in [0.2, 0.25) is 0 Å². The first-order valence-electron chi connectivity index (χ1n) is 6.32. The number of carbonyl (C=O) groups is 1. The van der Waals surface area contributed by atoms with Crippen LogP contribution in [-0.4, -0.2) is 17.4 Å². The average molecular weight is 349 g/mol. The summed E-state index contributed by atoms with van der Waals surface area (Å²) in [5, 5.41) is 6.02. The van der Waals surface area contributed by atoms with Crippen LogP contribution in [0, 0.1) is 0 Å². The van der Waals surface area contributed by atoms with Crippen LogP contribution < -0.4 is 5.32 Å². The minimum absolute atomic E-state index is 0.0790. The lowest BCUT2D eigenvalue weighted by Gasteiger charge is -2.03. The van der Waals surface area contributed by atoms with E-state index >= 15 is 0 Å². The molecule has 1 amide bonds. The molecule has 1 aromatic carbocycles. The standard InChI is InChI=1S/C15H13BrN2OS/c16-13-11-5-1-2-6-12(11)18-14(13)15(19)17-8-7-10-4-3-9-20-10/h1-6,9,18H,7-8H2,(H,17,19). The van der Waals surface area contributed by atoms with Gasteiger partial charge >= 0.3 is 0 Å². The fraction of sp³-hybridized carbons (Fsp3) is 0.133. The molecule has 0 aliphatic carbocycles. The lowest BCUT2D eigenvalue weighted by molar-refractivity contribution is 0.0949. The summed E-state index contributed by atoms with van der Waals surface area (Å²) in [6.45, 7) is 0.640. The Morgan fingerprint density at radius 3 is 2.85 bits per heavy atom. The Morgan fingerprint density at radius 2 is 2.10 bits per heavy atom. The Bertz CT molecular complexity index is 734. The van der Waals surface area contributed by atoms with E-state index in [4.69, 9.17) is 0 Å². The van der Waals surface area contributed by atoms with E-state index in [1.165, 1.54) is 4.88 Å². The highest BCUT2D eigenvalue weighted by atomic mass is 79.9. The van der Waals surface area contributed by atoms with Gasteiger partial charge in [0.25, 0.3) is 5.91 Å². The number of benzene rings is 1. The molecule has 2 heterocycles. The van der Waals surface area contributed by atoms with E-state index in [0.29, 0.717) is 12.2 Å². The number of thiophene rings is 1. The summed E-state index contributed by atoms with van der Waals surface area (Å²) in [6, 6.07) is 12.0. The summed E-state index contributed by atoms with van der Waals surface area (Å²) in [5.41, 5.74) is 1.54. The van der Waals surface area contributed by atoms with Gasteiger partial charge in [0.1, 0.15) is 5.69 Å². The van der Waals surface area contributed by atoms with Crippen molar-refractivity contribution < 1.29 is 4.79 Å². The van der Waals surface area contributed by atoms with Crippen LogP contribution in [0.2, 0.25) is 0 Å². The summed E-state index contributed by atoms with van der Waals surface area (Å²) < 4.78 is 0.821. The molecular weight excluding hydrogens is 336 g/mol. The minimum Gasteiger partial charge on any atom is -0.350 e. The number of nitrogens with one attached hydrogen (secondary N) is 2. The number of aromatic nitrogens is 1. The van der Waals surface area contributed by atoms with Crippen LogP contribution in [0.15, 0.2) is 46.3 Å². The zero-order valence-electron chi connectivity index (χ0n) is 10.7. The molecule has 3 nitrogen and oxygen atoms in total. The first-order chi connectivity index (χ1) is 9.75. The second-order valence-electron chi connectivity index (χ2n) is 4.44. The van der Waals surface area contributed by atoms with E-state index in [1.54, 1.807) is 11.3 Å². The van der Waals surface area contributed by atoms with E-state index < -0.39 is 0 Å². The fourth-order valence-corrected chi connectivity index (χ4v) is 3.44. The zero-order chi connectivity index (χ0) is 13.9. The minimum atomic E-state index is -0.0790. The van der Waals surface area contributed by atoms with Gasteiger partial charge in [-0.25, -0.2) is 0 Å². The van der Waals surface area contributed by atoms with Crippen molar-refractivity contribution in [2.24, 2.45) is 0 Å². The number of H-pyrrole nitrogens is 1. The van der Waals surface area contributed by atoms with Crippen LogP contribution in [0.1, 0.15) is 15.4 Å². The van der Waals surface area contributed by atoms with Crippen LogP contribution in [0.4, 0.5) is 0 Å². The van der Waals surface area contributed by atoms with Crippen LogP contribution in [0.3, 0.4) is 0 Å². The summed E-state index contributed by atoms with van der Waals surface area (Å²) in [5.74, 6) is -0.0790. The molecule has 2 N–H and O–H groups in total. The maximum Gasteiger partial charge on any atom is 0.268 e. The molecule has 0 radical (unpaired) electrons. The van der Waals surface area contributed by atoms with Gasteiger partial charge in [-0.05, 0) is 39.9 Å². The number of halogens is 1. The molecule has 0 spiro atoms. The summed E-state index contributed by atoms with van der Waals surface area (Å²) >= 11 is 5.20. The number of hydrogen-bond donors (Lipinski definition) is 2. The van der Waals surface area contributed by atoms with Gasteiger partial charge in [0.15, 0.2) is 0 Å². The number of carbonyl (C=O) groups excluding carboxylic acids is 1. The van der Waals surface area contributed by atoms with Crippen molar-refractivity contribution in [3.63, 3.8) is 0 Å². The Balaban J connectivity index is 1.71. The van der Waals surface area contributed by atoms with Crippen molar-refractivity contribution in [3.8, 4) is 0 Å². The molecular formula is C15H13BrN2OS. The summed E-state index contributed by atoms with van der Waals surface area (Å²) in [7, 11) is 0. The van der Waals surface area contributed by atoms with Gasteiger partial charge in [0, 0.05) is 22.3 Å². The number of hydrogen-bond acceptors (Lipinski definition) is 2. The third-order valence-electron chi connectivity index (χ3n) is 3.11. The first kappa shape index (κ1) is 13.4. The predicted molar refractivity (Wildman–Crippen MR) is 86.4 cm³/mol. The predicted octanol–water partition coefficient (Wildman–Crippen LogP) is 3.96. The van der Waals surface area contributed by atoms with E-state index in [0.717, 1.165) is 21.8 Å². The van der Waals surface area contributed by atoms with Gasteiger partial charge < -0.3 is 10.3 Å². The number of aromatic amines is 1. The van der Waals surface area contributed by atoms with Crippen LogP contribution in [-0.2, 0) is 6.42 Å². The van der Waals surface area contributed by atoms with Gasteiger partial charge in [-0.3, -0.25) is 4.79 Å². The number of para-hydroxylation sites is 1. The smallest absolute Gasteiger partial charge is 0.268 e. The molecule has 3 rings (SSSR count). The maximum atomic E-state index is 12.2. The molecule has 0 saturated heterocycles. The number of amides is 1. The largest absolute Gasteiger partial charge is 0.350 e. The van der Waals surface area contributed by atoms with Crippen LogP contribution in [0.25, 0.3) is 10.9 Å². The monoisotopic (exact) mass is 348 g/mol. The average Bonchev–Trinajstić information content (AvgIpc) is 3.08. The molecule has 20 heavy (non-hydrogen) atoms. The Hall–Kier alpha value is -1.59. The molecule has 0 fully saturated rings. The number of fused-ring (bicyclic) bond motifs is 1. The molecule has 0 bridgehead atoms. The molecule has 0 aliphatic rings. The van der Waals surface area contributed by atoms with Gasteiger partial charge in [-0.2, -0.15) is 0 Å². The second kappa shape index (κ2) is 5.81. The highest BCUT2D eigenvalue weighted by Gasteiger charge is 2.15. The topological polar surface area (TPSA) is 44.9 Å². The second-order valence-corrected chi connectivity index (χ2v) is 6.27. The lowest BCUT2D eigenvalue weighted by atomic mass is 10.2. The van der Waals surface area contributed by atoms with Crippen molar-refractivity contribution >= 4 is 44.1 Å². The Morgan fingerprint density at radius 1 is 1.25 bits per heavy atom. The van der Waals surface area contributed by atoms with Crippen molar-refractivity contribution in [1.82, 2.24) is 10.3 Å². The maximum absolute atomic E-state index is 12.2. The zero-order valence-corrected chi connectivity index (χ0v) is 13.1. The molecule has 102 valence electrons. The first-order valence-corrected chi connectivity index (χ1v) is 8.00. The van der Waals surface area contributed by atoms with Crippen LogP contribution in [0.5, 0.6) is 0 Å². The summed E-state index contributed by atoms with van der Waals surface area (Å²) in [6.07, 6.45) is 0.862. The third kappa shape index (κ3) is 2.64. The summed E-state index contributed by atoms with van der Waals surface area (Å²) in [4.78, 5) is 16.6. The highest BCUT2D eigenvalue weighted by Crippen LogP contribution is 2.27. The molecule has 5 heteroatoms. The molecule has 3 aromatic rings. The van der Waals surface area contributed by atoms with Crippen molar-refractivity contribution in [2.45, 2.75) is 6.42 Å². The molecule has 0 aliphatic heterocycles. The van der Waals surface area contributed by atoms with Crippen molar-refractivity contribution in [1.29, 1.82) is 0 Å². The molecule has 0 atom stereocenters. The van der Waals surface area contributed by atoms with E-state index in [1.807, 2.05) is 35.7 Å².